The molecule has 0 radical (unpaired) electrons. The van der Waals surface area contributed by atoms with Crippen LogP contribution in [0.5, 0.6) is 0 Å². The number of hydrogen-bond acceptors (Lipinski definition) is 2. The molecule has 0 amide bonds. The molecule has 2 rings (SSSR count). The zero-order valence-corrected chi connectivity index (χ0v) is 12.0. The van der Waals surface area contributed by atoms with Crippen molar-refractivity contribution < 1.29 is 4.39 Å². The molecule has 0 saturated heterocycles. The Bertz CT molecular complexity index is 551. The van der Waals surface area contributed by atoms with Crippen LogP contribution in [0.1, 0.15) is 19.0 Å². The van der Waals surface area contributed by atoms with E-state index in [9.17, 15) is 4.39 Å². The van der Waals surface area contributed by atoms with Crippen molar-refractivity contribution in [2.24, 2.45) is 0 Å². The third-order valence-electron chi connectivity index (χ3n) is 2.53. The summed E-state index contributed by atoms with van der Waals surface area (Å²) in [5.74, 6) is 0.474. The smallest absolute Gasteiger partial charge is 0.207 e. The van der Waals surface area contributed by atoms with Crippen LogP contribution in [0.2, 0.25) is 0 Å². The van der Waals surface area contributed by atoms with E-state index < -0.39 is 0 Å². The Hall–Kier alpha value is -1.36. The van der Waals surface area contributed by atoms with Crippen LogP contribution in [0.15, 0.2) is 28.9 Å². The van der Waals surface area contributed by atoms with Gasteiger partial charge in [-0.15, -0.1) is 0 Å². The van der Waals surface area contributed by atoms with Crippen LogP contribution in [0.4, 0.5) is 10.3 Å². The number of nitrogens with one attached hydrogen (secondary N) is 1. The van der Waals surface area contributed by atoms with Crippen LogP contribution >= 0.6 is 15.9 Å². The van der Waals surface area contributed by atoms with Gasteiger partial charge in [-0.1, -0.05) is 6.92 Å². The monoisotopic (exact) mass is 311 g/mol. The Morgan fingerprint density at radius 2 is 2.22 bits per heavy atom. The number of rotatable bonds is 4. The average molecular weight is 312 g/mol. The van der Waals surface area contributed by atoms with Crippen molar-refractivity contribution in [2.45, 2.75) is 20.3 Å². The summed E-state index contributed by atoms with van der Waals surface area (Å²) in [5, 5.41) is 3.24. The number of anilines is 1. The van der Waals surface area contributed by atoms with Gasteiger partial charge >= 0.3 is 0 Å². The minimum Gasteiger partial charge on any atom is -0.355 e. The second kappa shape index (κ2) is 5.52. The first-order valence-corrected chi connectivity index (χ1v) is 6.66. The van der Waals surface area contributed by atoms with Crippen molar-refractivity contribution in [2.75, 3.05) is 11.9 Å². The van der Waals surface area contributed by atoms with Gasteiger partial charge in [0.05, 0.1) is 11.4 Å². The maximum atomic E-state index is 13.3. The fourth-order valence-corrected chi connectivity index (χ4v) is 2.15. The van der Waals surface area contributed by atoms with Gasteiger partial charge in [-0.05, 0) is 47.5 Å². The molecule has 0 atom stereocenters. The van der Waals surface area contributed by atoms with E-state index in [1.165, 1.54) is 12.1 Å². The Kier molecular flexibility index (Phi) is 4.01. The summed E-state index contributed by atoms with van der Waals surface area (Å²) < 4.78 is 16.0. The van der Waals surface area contributed by atoms with Gasteiger partial charge in [-0.2, -0.15) is 0 Å². The third-order valence-corrected chi connectivity index (χ3v) is 3.20. The van der Waals surface area contributed by atoms with Crippen molar-refractivity contribution in [3.8, 4) is 5.69 Å². The first kappa shape index (κ1) is 13.1. The highest BCUT2D eigenvalue weighted by Gasteiger charge is 2.10. The van der Waals surface area contributed by atoms with Crippen LogP contribution in [-0.2, 0) is 0 Å². The lowest BCUT2D eigenvalue weighted by molar-refractivity contribution is 0.626. The SMILES string of the molecule is CCCNc1nc(C)cn1-c1cc(F)ccc1Br. The van der Waals surface area contributed by atoms with E-state index >= 15 is 0 Å². The van der Waals surface area contributed by atoms with Crippen molar-refractivity contribution in [3.63, 3.8) is 0 Å². The molecule has 0 spiro atoms. The van der Waals surface area contributed by atoms with E-state index in [2.05, 4.69) is 33.2 Å². The molecule has 3 nitrogen and oxygen atoms in total. The van der Waals surface area contributed by atoms with Gasteiger partial charge in [0.2, 0.25) is 5.95 Å². The quantitative estimate of drug-likeness (QED) is 0.928. The zero-order chi connectivity index (χ0) is 13.1. The molecule has 18 heavy (non-hydrogen) atoms. The fraction of sp³-hybridized carbons (Fsp3) is 0.308. The Balaban J connectivity index is 2.45. The molecule has 0 saturated carbocycles. The molecule has 0 bridgehead atoms. The number of nitrogens with zero attached hydrogens (tertiary/aromatic N) is 2. The van der Waals surface area contributed by atoms with E-state index in [0.717, 1.165) is 34.8 Å². The molecule has 0 aliphatic rings. The minimum absolute atomic E-state index is 0.263. The molecule has 0 fully saturated rings. The lowest BCUT2D eigenvalue weighted by atomic mass is 10.3. The maximum Gasteiger partial charge on any atom is 0.207 e. The lowest BCUT2D eigenvalue weighted by Crippen LogP contribution is -2.07. The van der Waals surface area contributed by atoms with E-state index in [1.807, 2.05) is 17.7 Å². The Labute approximate surface area is 114 Å². The molecule has 1 heterocycles. The predicted octanol–water partition coefficient (Wildman–Crippen LogP) is 3.90. The molecule has 0 aliphatic carbocycles. The summed E-state index contributed by atoms with van der Waals surface area (Å²) in [6.45, 7) is 4.84. The van der Waals surface area contributed by atoms with Crippen LogP contribution in [0, 0.1) is 12.7 Å². The second-order valence-corrected chi connectivity index (χ2v) is 4.95. The number of hydrogen-bond donors (Lipinski definition) is 1. The Morgan fingerprint density at radius 3 is 2.94 bits per heavy atom. The molecular formula is C13H15BrFN3. The highest BCUT2D eigenvalue weighted by Crippen LogP contribution is 2.25. The molecular weight excluding hydrogens is 297 g/mol. The lowest BCUT2D eigenvalue weighted by Gasteiger charge is -2.10. The van der Waals surface area contributed by atoms with E-state index in [1.54, 1.807) is 6.07 Å². The first-order valence-electron chi connectivity index (χ1n) is 5.87. The molecule has 1 N–H and O–H groups in total. The summed E-state index contributed by atoms with van der Waals surface area (Å²) in [4.78, 5) is 4.40. The number of aryl methyl sites for hydroxylation is 1. The summed E-state index contributed by atoms with van der Waals surface area (Å²) in [5.41, 5.74) is 1.64. The van der Waals surface area contributed by atoms with Gasteiger partial charge in [0.15, 0.2) is 0 Å². The summed E-state index contributed by atoms with van der Waals surface area (Å²) in [6.07, 6.45) is 2.90. The average Bonchev–Trinajstić information content (AvgIpc) is 2.71. The van der Waals surface area contributed by atoms with E-state index in [4.69, 9.17) is 0 Å². The number of imidazole rings is 1. The van der Waals surface area contributed by atoms with Crippen LogP contribution in [0.25, 0.3) is 5.69 Å². The minimum atomic E-state index is -0.263. The van der Waals surface area contributed by atoms with E-state index in [0.29, 0.717) is 0 Å². The van der Waals surface area contributed by atoms with Crippen LogP contribution in [0.3, 0.4) is 0 Å². The standard InChI is InChI=1S/C13H15BrFN3/c1-3-6-16-13-17-9(2)8-18(13)12-7-10(15)4-5-11(12)14/h4-5,7-8H,3,6H2,1-2H3,(H,16,17). The maximum absolute atomic E-state index is 13.3. The summed E-state index contributed by atoms with van der Waals surface area (Å²) >= 11 is 3.44. The highest BCUT2D eigenvalue weighted by molar-refractivity contribution is 9.10. The molecule has 1 aromatic carbocycles. The third kappa shape index (κ3) is 2.72. The molecule has 0 aliphatic heterocycles. The van der Waals surface area contributed by atoms with Crippen molar-refractivity contribution in [3.05, 3.63) is 40.4 Å². The molecule has 5 heteroatoms. The first-order chi connectivity index (χ1) is 8.61. The largest absolute Gasteiger partial charge is 0.355 e. The normalized spacial score (nSPS) is 10.7. The van der Waals surface area contributed by atoms with Gasteiger partial charge in [0, 0.05) is 17.2 Å². The predicted molar refractivity (Wildman–Crippen MR) is 74.7 cm³/mol. The van der Waals surface area contributed by atoms with Gasteiger partial charge in [-0.3, -0.25) is 4.57 Å². The molecule has 2 aromatic rings. The van der Waals surface area contributed by atoms with Crippen molar-refractivity contribution in [1.82, 2.24) is 9.55 Å². The number of aromatic nitrogens is 2. The van der Waals surface area contributed by atoms with Gasteiger partial charge < -0.3 is 5.32 Å². The van der Waals surface area contributed by atoms with Gasteiger partial charge in [0.1, 0.15) is 5.82 Å². The number of halogens is 2. The Morgan fingerprint density at radius 1 is 1.44 bits per heavy atom. The topological polar surface area (TPSA) is 29.9 Å². The fourth-order valence-electron chi connectivity index (χ4n) is 1.71. The molecule has 1 aromatic heterocycles. The van der Waals surface area contributed by atoms with Gasteiger partial charge in [0.25, 0.3) is 0 Å². The van der Waals surface area contributed by atoms with Crippen molar-refractivity contribution >= 4 is 21.9 Å². The molecule has 96 valence electrons. The van der Waals surface area contributed by atoms with Gasteiger partial charge in [-0.25, -0.2) is 9.37 Å². The van der Waals surface area contributed by atoms with E-state index in [-0.39, 0.29) is 5.82 Å². The van der Waals surface area contributed by atoms with Crippen LogP contribution in [-0.4, -0.2) is 16.1 Å². The molecule has 0 unspecified atom stereocenters. The van der Waals surface area contributed by atoms with Crippen molar-refractivity contribution in [1.29, 1.82) is 0 Å². The summed E-state index contributed by atoms with van der Waals surface area (Å²) in [7, 11) is 0. The summed E-state index contributed by atoms with van der Waals surface area (Å²) in [6, 6.07) is 4.61. The second-order valence-electron chi connectivity index (χ2n) is 4.10. The highest BCUT2D eigenvalue weighted by atomic mass is 79.9. The number of benzene rings is 1. The van der Waals surface area contributed by atoms with Crippen LogP contribution < -0.4 is 5.32 Å². The zero-order valence-electron chi connectivity index (χ0n) is 10.4.